The molecule has 0 aromatic rings. The monoisotopic (exact) mass is 810 g/mol. The fourth-order valence-electron chi connectivity index (χ4n) is 6.30. The third-order valence-corrected chi connectivity index (χ3v) is 11.0. The number of hydrogen-bond acceptors (Lipinski definition) is 5. The van der Waals surface area contributed by atoms with Gasteiger partial charge in [-0.25, -0.2) is 4.57 Å². The summed E-state index contributed by atoms with van der Waals surface area (Å²) in [7, 11) is 1.54. The summed E-state index contributed by atoms with van der Waals surface area (Å²) >= 11 is 0. The molecule has 1 amide bonds. The van der Waals surface area contributed by atoms with Crippen molar-refractivity contribution in [2.75, 3.05) is 40.9 Å². The second-order valence-corrected chi connectivity index (χ2v) is 18.2. The van der Waals surface area contributed by atoms with E-state index in [2.05, 4.69) is 55.6 Å². The molecule has 0 saturated carbocycles. The molecule has 0 aliphatic heterocycles. The van der Waals surface area contributed by atoms with Crippen molar-refractivity contribution in [3.63, 3.8) is 0 Å². The van der Waals surface area contributed by atoms with Gasteiger partial charge in [0.2, 0.25) is 5.91 Å². The zero-order chi connectivity index (χ0) is 41.4. The number of quaternary nitrogens is 1. The molecule has 0 bridgehead atoms. The van der Waals surface area contributed by atoms with Crippen LogP contribution in [-0.2, 0) is 18.4 Å². The van der Waals surface area contributed by atoms with Gasteiger partial charge in [-0.05, 0) is 70.6 Å². The number of nitrogens with one attached hydrogen (secondary N) is 1. The Morgan fingerprint density at radius 2 is 0.982 bits per heavy atom. The number of allylic oxidation sites excluding steroid dienone is 7. The summed E-state index contributed by atoms with van der Waals surface area (Å²) in [5.41, 5.74) is 0. The molecule has 0 spiro atoms. The number of nitrogens with zero attached hydrogens (tertiary/aromatic N) is 1. The molecule has 0 aromatic heterocycles. The van der Waals surface area contributed by atoms with Crippen molar-refractivity contribution < 1.29 is 32.9 Å². The predicted octanol–water partition coefficient (Wildman–Crippen LogP) is 12.9. The summed E-state index contributed by atoms with van der Waals surface area (Å²) in [6.07, 6.45) is 49.0. The lowest BCUT2D eigenvalue weighted by Gasteiger charge is -2.25. The second-order valence-electron chi connectivity index (χ2n) is 16.8. The summed E-state index contributed by atoms with van der Waals surface area (Å²) in [4.78, 5) is 23.1. The van der Waals surface area contributed by atoms with E-state index in [1.807, 2.05) is 27.2 Å². The van der Waals surface area contributed by atoms with Crippen LogP contribution in [0.4, 0.5) is 0 Å². The number of carbonyl (C=O) groups excluding carboxylic acids is 1. The molecule has 0 fully saturated rings. The first kappa shape index (κ1) is 54.5. The van der Waals surface area contributed by atoms with E-state index in [9.17, 15) is 19.4 Å². The maximum Gasteiger partial charge on any atom is 0.472 e. The van der Waals surface area contributed by atoms with E-state index in [1.165, 1.54) is 128 Å². The number of phosphoric acid groups is 1. The molecule has 0 heterocycles. The van der Waals surface area contributed by atoms with E-state index in [-0.39, 0.29) is 19.1 Å². The molecule has 0 aromatic carbocycles. The third kappa shape index (κ3) is 40.6. The number of aliphatic hydroxyl groups excluding tert-OH is 1. The van der Waals surface area contributed by atoms with Gasteiger partial charge < -0.3 is 19.8 Å². The Balaban J connectivity index is 4.46. The van der Waals surface area contributed by atoms with Crippen LogP contribution in [0.2, 0.25) is 0 Å². The molecule has 3 atom stereocenters. The highest BCUT2D eigenvalue weighted by Crippen LogP contribution is 2.43. The molecular weight excluding hydrogens is 719 g/mol. The van der Waals surface area contributed by atoms with Gasteiger partial charge in [-0.2, -0.15) is 0 Å². The zero-order valence-electron chi connectivity index (χ0n) is 37.1. The van der Waals surface area contributed by atoms with Gasteiger partial charge in [-0.3, -0.25) is 13.8 Å². The lowest BCUT2D eigenvalue weighted by molar-refractivity contribution is -0.870. The SMILES string of the molecule is CCCCCCC/C=C/CC/C=C/CC/C=C/C(O)C(COP(=O)(O)OCC[N+](C)(C)C)NC(=O)CCCCCCCCC/C=C\CCCCCCCCCC. The quantitative estimate of drug-likeness (QED) is 0.0246. The molecule has 0 rings (SSSR count). The summed E-state index contributed by atoms with van der Waals surface area (Å²) in [6, 6.07) is -0.871. The van der Waals surface area contributed by atoms with Gasteiger partial charge in [0.25, 0.3) is 0 Å². The molecule has 9 heteroatoms. The van der Waals surface area contributed by atoms with Crippen LogP contribution in [0.15, 0.2) is 48.6 Å². The van der Waals surface area contributed by atoms with Gasteiger partial charge in [0.05, 0.1) is 39.9 Å². The largest absolute Gasteiger partial charge is 0.472 e. The smallest absolute Gasteiger partial charge is 0.387 e. The van der Waals surface area contributed by atoms with E-state index in [0.29, 0.717) is 17.4 Å². The Labute approximate surface area is 346 Å². The lowest BCUT2D eigenvalue weighted by Crippen LogP contribution is -2.45. The maximum atomic E-state index is 12.9. The standard InChI is InChI=1S/C47H89N2O6P/c1-6-8-10-12-14-16-18-20-22-23-24-25-27-29-31-33-35-37-39-41-47(51)48-45(44-55-56(52,53)54-43-42-49(3,4)5)46(50)40-38-36-34-32-30-28-26-21-19-17-15-13-11-9-7-2/h19,21,23-24,30,32,38,40,45-46,50H,6-18,20,22,25-29,31,33-37,39,41-44H2,1-5H3,(H-,48,51,52,53)/p+1/b21-19+,24-23-,32-30+,40-38+. The first-order valence-corrected chi connectivity index (χ1v) is 24.5. The fraction of sp³-hybridized carbons (Fsp3) is 0.809. The number of aliphatic hydroxyl groups is 1. The van der Waals surface area contributed by atoms with E-state index in [4.69, 9.17) is 9.05 Å². The molecular formula is C47H90N2O6P+. The minimum absolute atomic E-state index is 0.0517. The number of unbranched alkanes of at least 4 members (excludes halogenated alkanes) is 22. The van der Waals surface area contributed by atoms with Crippen molar-refractivity contribution in [1.82, 2.24) is 5.32 Å². The fourth-order valence-corrected chi connectivity index (χ4v) is 7.04. The Hall–Kier alpha value is -1.54. The Kier molecular flexibility index (Phi) is 37.9. The Bertz CT molecular complexity index is 1050. The molecule has 56 heavy (non-hydrogen) atoms. The number of amides is 1. The van der Waals surface area contributed by atoms with Crippen LogP contribution >= 0.6 is 7.82 Å². The minimum atomic E-state index is -4.35. The van der Waals surface area contributed by atoms with E-state index < -0.39 is 20.0 Å². The van der Waals surface area contributed by atoms with Crippen LogP contribution in [0.3, 0.4) is 0 Å². The number of carbonyl (C=O) groups is 1. The van der Waals surface area contributed by atoms with E-state index in [0.717, 1.165) is 44.9 Å². The summed E-state index contributed by atoms with van der Waals surface area (Å²) < 4.78 is 23.5. The van der Waals surface area contributed by atoms with Gasteiger partial charge in [0.1, 0.15) is 13.2 Å². The molecule has 0 aliphatic carbocycles. The molecule has 0 radical (unpaired) electrons. The van der Waals surface area contributed by atoms with Crippen LogP contribution in [0.25, 0.3) is 0 Å². The van der Waals surface area contributed by atoms with Crippen LogP contribution in [-0.4, -0.2) is 73.4 Å². The van der Waals surface area contributed by atoms with Crippen LogP contribution in [0.5, 0.6) is 0 Å². The van der Waals surface area contributed by atoms with E-state index >= 15 is 0 Å². The number of rotatable bonds is 41. The average Bonchev–Trinajstić information content (AvgIpc) is 3.15. The first-order chi connectivity index (χ1) is 27.0. The predicted molar refractivity (Wildman–Crippen MR) is 240 cm³/mol. The van der Waals surface area contributed by atoms with Crippen molar-refractivity contribution in [3.05, 3.63) is 48.6 Å². The van der Waals surface area contributed by atoms with Crippen LogP contribution < -0.4 is 5.32 Å². The Morgan fingerprint density at radius 1 is 0.589 bits per heavy atom. The molecule has 8 nitrogen and oxygen atoms in total. The average molecular weight is 810 g/mol. The highest BCUT2D eigenvalue weighted by Gasteiger charge is 2.27. The van der Waals surface area contributed by atoms with Crippen molar-refractivity contribution in [2.24, 2.45) is 0 Å². The second kappa shape index (κ2) is 38.9. The van der Waals surface area contributed by atoms with Gasteiger partial charge in [-0.15, -0.1) is 0 Å². The van der Waals surface area contributed by atoms with Gasteiger partial charge in [-0.1, -0.05) is 165 Å². The van der Waals surface area contributed by atoms with Crippen molar-refractivity contribution in [2.45, 2.75) is 206 Å². The minimum Gasteiger partial charge on any atom is -0.387 e. The van der Waals surface area contributed by atoms with Crippen molar-refractivity contribution in [3.8, 4) is 0 Å². The first-order valence-electron chi connectivity index (χ1n) is 23.0. The summed E-state index contributed by atoms with van der Waals surface area (Å²) in [6.45, 7) is 4.76. The number of likely N-dealkylation sites (N-methyl/N-ethyl adjacent to an activating group) is 1. The topological polar surface area (TPSA) is 105 Å². The zero-order valence-corrected chi connectivity index (χ0v) is 38.0. The molecule has 0 aliphatic rings. The summed E-state index contributed by atoms with van der Waals surface area (Å²) in [5, 5.41) is 13.8. The van der Waals surface area contributed by atoms with Gasteiger partial charge in [0.15, 0.2) is 0 Å². The van der Waals surface area contributed by atoms with E-state index in [1.54, 1.807) is 6.08 Å². The number of hydrogen-bond donors (Lipinski definition) is 3. The van der Waals surface area contributed by atoms with Gasteiger partial charge in [0, 0.05) is 6.42 Å². The molecule has 0 saturated heterocycles. The number of phosphoric ester groups is 1. The molecule has 328 valence electrons. The lowest BCUT2D eigenvalue weighted by atomic mass is 10.1. The van der Waals surface area contributed by atoms with Crippen molar-refractivity contribution >= 4 is 13.7 Å². The Morgan fingerprint density at radius 3 is 1.43 bits per heavy atom. The molecule has 3 unspecified atom stereocenters. The van der Waals surface area contributed by atoms with Gasteiger partial charge >= 0.3 is 7.82 Å². The highest BCUT2D eigenvalue weighted by molar-refractivity contribution is 7.47. The normalized spacial score (nSPS) is 14.8. The van der Waals surface area contributed by atoms with Crippen molar-refractivity contribution in [1.29, 1.82) is 0 Å². The maximum absolute atomic E-state index is 12.9. The molecule has 3 N–H and O–H groups in total. The summed E-state index contributed by atoms with van der Waals surface area (Å²) in [5.74, 6) is -0.197. The highest BCUT2D eigenvalue weighted by atomic mass is 31.2. The van der Waals surface area contributed by atoms with Crippen LogP contribution in [0, 0.1) is 0 Å². The van der Waals surface area contributed by atoms with Crippen LogP contribution in [0.1, 0.15) is 194 Å². The third-order valence-electron chi connectivity index (χ3n) is 10.00.